The summed E-state index contributed by atoms with van der Waals surface area (Å²) in [6, 6.07) is 2.44. The zero-order valence-electron chi connectivity index (χ0n) is 12.0. The van der Waals surface area contributed by atoms with Crippen molar-refractivity contribution >= 4 is 5.95 Å². The quantitative estimate of drug-likeness (QED) is 0.931. The third-order valence-electron chi connectivity index (χ3n) is 3.86. The summed E-state index contributed by atoms with van der Waals surface area (Å²) in [7, 11) is 0. The minimum atomic E-state index is 0.0214. The van der Waals surface area contributed by atoms with Crippen molar-refractivity contribution in [1.82, 2.24) is 15.1 Å². The Labute approximate surface area is 122 Å². The van der Waals surface area contributed by atoms with Gasteiger partial charge >= 0.3 is 0 Å². The Kier molecular flexibility index (Phi) is 3.11. The van der Waals surface area contributed by atoms with Gasteiger partial charge in [-0.3, -0.25) is 0 Å². The van der Waals surface area contributed by atoms with Crippen molar-refractivity contribution in [3.63, 3.8) is 0 Å². The molecule has 2 aliphatic rings. The first-order valence-electron chi connectivity index (χ1n) is 7.48. The average molecular weight is 286 g/mol. The number of ether oxygens (including phenoxy) is 1. The van der Waals surface area contributed by atoms with Crippen LogP contribution in [0.2, 0.25) is 0 Å². The molecule has 1 aliphatic heterocycles. The van der Waals surface area contributed by atoms with Gasteiger partial charge in [0.1, 0.15) is 6.10 Å². The van der Waals surface area contributed by atoms with Gasteiger partial charge in [0.05, 0.1) is 17.0 Å². The Balaban J connectivity index is 1.73. The number of hydrogen-bond donors (Lipinski definition) is 1. The van der Waals surface area contributed by atoms with E-state index in [0.717, 1.165) is 36.4 Å². The van der Waals surface area contributed by atoms with Crippen LogP contribution in [0.4, 0.5) is 5.95 Å². The molecule has 21 heavy (non-hydrogen) atoms. The van der Waals surface area contributed by atoms with Gasteiger partial charge in [-0.1, -0.05) is 5.16 Å². The Morgan fingerprint density at radius 2 is 2.19 bits per heavy atom. The van der Waals surface area contributed by atoms with E-state index in [1.807, 2.05) is 19.2 Å². The topological polar surface area (TPSA) is 73.1 Å². The van der Waals surface area contributed by atoms with Gasteiger partial charge in [-0.2, -0.15) is 0 Å². The molecule has 1 atom stereocenters. The minimum absolute atomic E-state index is 0.0214. The zero-order chi connectivity index (χ0) is 14.2. The molecule has 4 rings (SSSR count). The summed E-state index contributed by atoms with van der Waals surface area (Å²) in [4.78, 5) is 9.10. The van der Waals surface area contributed by atoms with E-state index in [1.54, 1.807) is 0 Å². The van der Waals surface area contributed by atoms with Crippen molar-refractivity contribution in [3.8, 4) is 11.3 Å². The van der Waals surface area contributed by atoms with Crippen LogP contribution in [0.3, 0.4) is 0 Å². The summed E-state index contributed by atoms with van der Waals surface area (Å²) >= 11 is 0. The SMILES string of the molecule is Cc1cc(-c2cnc(NC3CC3)nc2[C@@H]2CCCO2)on1. The van der Waals surface area contributed by atoms with E-state index >= 15 is 0 Å². The molecular formula is C15H18N4O2. The fourth-order valence-electron chi connectivity index (χ4n) is 2.59. The molecule has 1 aliphatic carbocycles. The first-order valence-corrected chi connectivity index (χ1v) is 7.48. The monoisotopic (exact) mass is 286 g/mol. The Hall–Kier alpha value is -1.95. The van der Waals surface area contributed by atoms with E-state index < -0.39 is 0 Å². The standard InChI is InChI=1S/C15H18N4O2/c1-9-7-13(21-19-9)11-8-16-15(17-10-4-5-10)18-14(11)12-3-2-6-20-12/h7-8,10,12H,2-6H2,1H3,(H,16,17,18)/t12-/m0/s1. The molecule has 1 saturated carbocycles. The van der Waals surface area contributed by atoms with Crippen LogP contribution >= 0.6 is 0 Å². The second-order valence-electron chi connectivity index (χ2n) is 5.75. The first-order chi connectivity index (χ1) is 10.3. The van der Waals surface area contributed by atoms with Crippen LogP contribution in [0.25, 0.3) is 11.3 Å². The number of rotatable bonds is 4. The highest BCUT2D eigenvalue weighted by Crippen LogP contribution is 2.35. The zero-order valence-corrected chi connectivity index (χ0v) is 12.0. The summed E-state index contributed by atoms with van der Waals surface area (Å²) in [5.74, 6) is 1.39. The Morgan fingerprint density at radius 3 is 2.86 bits per heavy atom. The van der Waals surface area contributed by atoms with Gasteiger partial charge in [-0.15, -0.1) is 0 Å². The smallest absolute Gasteiger partial charge is 0.223 e. The van der Waals surface area contributed by atoms with Crippen LogP contribution in [0.15, 0.2) is 16.8 Å². The highest BCUT2D eigenvalue weighted by atomic mass is 16.5. The maximum atomic E-state index is 5.80. The molecule has 1 N–H and O–H groups in total. The number of aryl methyl sites for hydroxylation is 1. The number of nitrogens with one attached hydrogen (secondary N) is 1. The average Bonchev–Trinajstić information content (AvgIpc) is 2.98. The second kappa shape index (κ2) is 5.11. The van der Waals surface area contributed by atoms with Gasteiger partial charge in [0.2, 0.25) is 5.95 Å². The number of aromatic nitrogens is 3. The maximum Gasteiger partial charge on any atom is 0.223 e. The van der Waals surface area contributed by atoms with Crippen LogP contribution in [0.1, 0.15) is 43.2 Å². The molecule has 0 bridgehead atoms. The molecule has 110 valence electrons. The van der Waals surface area contributed by atoms with E-state index in [2.05, 4.69) is 20.4 Å². The largest absolute Gasteiger partial charge is 0.372 e. The number of anilines is 1. The van der Waals surface area contributed by atoms with Crippen molar-refractivity contribution in [1.29, 1.82) is 0 Å². The Morgan fingerprint density at radius 1 is 1.29 bits per heavy atom. The van der Waals surface area contributed by atoms with Gasteiger partial charge in [0.15, 0.2) is 5.76 Å². The van der Waals surface area contributed by atoms with Crippen LogP contribution in [0.5, 0.6) is 0 Å². The van der Waals surface area contributed by atoms with Crippen molar-refractivity contribution in [3.05, 3.63) is 23.7 Å². The van der Waals surface area contributed by atoms with E-state index in [1.165, 1.54) is 12.8 Å². The molecule has 2 aromatic heterocycles. The highest BCUT2D eigenvalue weighted by molar-refractivity contribution is 5.61. The first kappa shape index (κ1) is 12.8. The molecule has 0 unspecified atom stereocenters. The van der Waals surface area contributed by atoms with E-state index in [-0.39, 0.29) is 6.10 Å². The van der Waals surface area contributed by atoms with Crippen LogP contribution in [0, 0.1) is 6.92 Å². The van der Waals surface area contributed by atoms with Crippen molar-refractivity contribution in [2.24, 2.45) is 0 Å². The predicted octanol–water partition coefficient (Wildman–Crippen LogP) is 2.87. The lowest BCUT2D eigenvalue weighted by atomic mass is 10.1. The summed E-state index contributed by atoms with van der Waals surface area (Å²) in [6.07, 6.45) is 6.28. The lowest BCUT2D eigenvalue weighted by Crippen LogP contribution is -2.10. The lowest BCUT2D eigenvalue weighted by molar-refractivity contribution is 0.109. The fraction of sp³-hybridized carbons (Fsp3) is 0.533. The third kappa shape index (κ3) is 2.63. The molecule has 0 radical (unpaired) electrons. The highest BCUT2D eigenvalue weighted by Gasteiger charge is 2.27. The second-order valence-corrected chi connectivity index (χ2v) is 5.75. The van der Waals surface area contributed by atoms with Gasteiger partial charge in [0.25, 0.3) is 0 Å². The molecule has 6 heteroatoms. The van der Waals surface area contributed by atoms with E-state index in [4.69, 9.17) is 9.26 Å². The molecule has 6 nitrogen and oxygen atoms in total. The molecule has 0 spiro atoms. The Bertz CT molecular complexity index is 645. The molecular weight excluding hydrogens is 268 g/mol. The van der Waals surface area contributed by atoms with E-state index in [0.29, 0.717) is 17.8 Å². The summed E-state index contributed by atoms with van der Waals surface area (Å²) < 4.78 is 11.2. The molecule has 2 aromatic rings. The summed E-state index contributed by atoms with van der Waals surface area (Å²) in [5.41, 5.74) is 2.63. The molecule has 0 aromatic carbocycles. The van der Waals surface area contributed by atoms with Crippen LogP contribution in [-0.2, 0) is 4.74 Å². The summed E-state index contributed by atoms with van der Waals surface area (Å²) in [6.45, 7) is 2.69. The van der Waals surface area contributed by atoms with Crippen LogP contribution in [-0.4, -0.2) is 27.8 Å². The predicted molar refractivity (Wildman–Crippen MR) is 76.8 cm³/mol. The fourth-order valence-corrected chi connectivity index (χ4v) is 2.59. The van der Waals surface area contributed by atoms with Crippen LogP contribution < -0.4 is 5.32 Å². The normalized spacial score (nSPS) is 21.7. The van der Waals surface area contributed by atoms with Gasteiger partial charge in [-0.25, -0.2) is 9.97 Å². The third-order valence-corrected chi connectivity index (χ3v) is 3.86. The molecule has 3 heterocycles. The summed E-state index contributed by atoms with van der Waals surface area (Å²) in [5, 5.41) is 7.29. The lowest BCUT2D eigenvalue weighted by Gasteiger charge is -2.14. The van der Waals surface area contributed by atoms with E-state index in [9.17, 15) is 0 Å². The molecule has 1 saturated heterocycles. The van der Waals surface area contributed by atoms with Crippen molar-refractivity contribution in [2.45, 2.75) is 44.8 Å². The van der Waals surface area contributed by atoms with Gasteiger partial charge in [0, 0.05) is 24.9 Å². The van der Waals surface area contributed by atoms with Gasteiger partial charge in [-0.05, 0) is 32.6 Å². The molecule has 0 amide bonds. The van der Waals surface area contributed by atoms with Crippen molar-refractivity contribution < 1.29 is 9.26 Å². The minimum Gasteiger partial charge on any atom is -0.372 e. The number of nitrogens with zero attached hydrogens (tertiary/aromatic N) is 3. The molecule has 2 fully saturated rings. The number of hydrogen-bond acceptors (Lipinski definition) is 6. The maximum absolute atomic E-state index is 5.80. The van der Waals surface area contributed by atoms with Crippen molar-refractivity contribution in [2.75, 3.05) is 11.9 Å². The van der Waals surface area contributed by atoms with Gasteiger partial charge < -0.3 is 14.6 Å².